The molecule has 3 aliphatic heterocycles. The molecule has 4 aliphatic rings. The number of carbonyl (C=O) groups excluding carboxylic acids is 7. The highest BCUT2D eigenvalue weighted by atomic mass is 35.5. The maximum atomic E-state index is 14.3. The number of fused-ring (bicyclic) bond motifs is 3. The number of imide groups is 1. The third-order valence-corrected chi connectivity index (χ3v) is 15.6. The Hall–Kier alpha value is -4.69. The average Bonchev–Trinajstić information content (AvgIpc) is 3.96. The molecule has 382 valence electrons. The van der Waals surface area contributed by atoms with Gasteiger partial charge in [-0.15, -0.1) is 11.8 Å². The molecule has 3 heterocycles. The van der Waals surface area contributed by atoms with E-state index in [0.29, 0.717) is 37.2 Å². The van der Waals surface area contributed by atoms with Gasteiger partial charge in [0, 0.05) is 65.2 Å². The Morgan fingerprint density at radius 2 is 1.80 bits per heavy atom. The van der Waals surface area contributed by atoms with E-state index in [9.17, 15) is 38.7 Å². The Labute approximate surface area is 414 Å². The summed E-state index contributed by atoms with van der Waals surface area (Å²) in [5, 5.41) is 16.3. The summed E-state index contributed by atoms with van der Waals surface area (Å²) in [6.45, 7) is 8.71. The second-order valence-electron chi connectivity index (χ2n) is 18.8. The van der Waals surface area contributed by atoms with Gasteiger partial charge in [0.15, 0.2) is 5.72 Å². The molecule has 3 fully saturated rings. The highest BCUT2D eigenvalue weighted by molar-refractivity contribution is 8.00. The van der Waals surface area contributed by atoms with Crippen molar-refractivity contribution in [2.45, 2.75) is 133 Å². The van der Waals surface area contributed by atoms with Crippen molar-refractivity contribution in [1.29, 1.82) is 0 Å². The topological polar surface area (TPSA) is 223 Å². The number of amides is 6. The van der Waals surface area contributed by atoms with Crippen LogP contribution in [0.15, 0.2) is 35.9 Å². The molecule has 5 rings (SSSR count). The van der Waals surface area contributed by atoms with Crippen LogP contribution in [0, 0.1) is 17.8 Å². The van der Waals surface area contributed by atoms with E-state index in [1.807, 2.05) is 13.0 Å². The van der Waals surface area contributed by atoms with Gasteiger partial charge >= 0.3 is 12.1 Å². The predicted octanol–water partition coefficient (Wildman–Crippen LogP) is 4.96. The minimum absolute atomic E-state index is 0.0141. The largest absolute Gasteiger partial charge is 0.495 e. The van der Waals surface area contributed by atoms with Gasteiger partial charge < -0.3 is 43.9 Å². The van der Waals surface area contributed by atoms with Crippen LogP contribution in [0.5, 0.6) is 5.75 Å². The van der Waals surface area contributed by atoms with Crippen LogP contribution < -0.4 is 20.3 Å². The SMILES string of the molecule is CC[C@@]1(O)NC(=O)OC[C@@H](C)[C@@H]2O[C@@]2(C)[C@@H](OC(=O)[C@H](C)N(C)C(=O)CCSC2CC(=O)N(CC3CCC(C(=O)NC)CC3)C2=O)CC(=O)N(C)c2cc(cc(OC)c2Cl)C/C(C)=C/C=C/[C@H]1OC. The van der Waals surface area contributed by atoms with Crippen LogP contribution >= 0.6 is 23.4 Å². The van der Waals surface area contributed by atoms with Crippen LogP contribution in [-0.4, -0.2) is 152 Å². The maximum Gasteiger partial charge on any atom is 0.409 e. The molecule has 20 heteroatoms. The maximum absolute atomic E-state index is 14.3. The van der Waals surface area contributed by atoms with E-state index < -0.39 is 70.7 Å². The molecule has 1 aliphatic carbocycles. The Morgan fingerprint density at radius 3 is 2.43 bits per heavy atom. The van der Waals surface area contributed by atoms with Crippen molar-refractivity contribution in [1.82, 2.24) is 20.4 Å². The molecular weight excluding hydrogens is 934 g/mol. The van der Waals surface area contributed by atoms with Crippen molar-refractivity contribution < 1.29 is 62.4 Å². The third-order valence-electron chi connectivity index (χ3n) is 14.0. The monoisotopic (exact) mass is 1000 g/mol. The minimum Gasteiger partial charge on any atom is -0.495 e. The summed E-state index contributed by atoms with van der Waals surface area (Å²) in [6, 6.07) is 2.43. The molecule has 1 saturated carbocycles. The summed E-state index contributed by atoms with van der Waals surface area (Å²) in [4.78, 5) is 97.1. The molecule has 8 atom stereocenters. The summed E-state index contributed by atoms with van der Waals surface area (Å²) in [5.41, 5.74) is -1.05. The van der Waals surface area contributed by atoms with Crippen molar-refractivity contribution in [2.24, 2.45) is 17.8 Å². The van der Waals surface area contributed by atoms with Crippen LogP contribution in [0.2, 0.25) is 5.02 Å². The second kappa shape index (κ2) is 23.9. The number of likely N-dealkylation sites (tertiary alicyclic amines) is 1. The summed E-state index contributed by atoms with van der Waals surface area (Å²) in [7, 11) is 7.52. The zero-order valence-corrected chi connectivity index (χ0v) is 43.0. The Morgan fingerprint density at radius 1 is 1.10 bits per heavy atom. The van der Waals surface area contributed by atoms with Crippen molar-refractivity contribution in [3.8, 4) is 5.75 Å². The summed E-state index contributed by atoms with van der Waals surface area (Å²) >= 11 is 8.04. The fourth-order valence-electron chi connectivity index (χ4n) is 9.23. The molecule has 0 spiro atoms. The molecule has 1 unspecified atom stereocenters. The number of methoxy groups -OCH3 is 2. The number of carbonyl (C=O) groups is 7. The number of hydrogen-bond donors (Lipinski definition) is 3. The van der Waals surface area contributed by atoms with Gasteiger partial charge in [0.1, 0.15) is 34.6 Å². The van der Waals surface area contributed by atoms with Gasteiger partial charge in [0.2, 0.25) is 29.5 Å². The molecule has 1 aromatic rings. The number of esters is 1. The fourth-order valence-corrected chi connectivity index (χ4v) is 10.6. The Kier molecular flexibility index (Phi) is 19.2. The summed E-state index contributed by atoms with van der Waals surface area (Å²) < 4.78 is 29.0. The molecule has 3 N–H and O–H groups in total. The molecule has 2 bridgehead atoms. The second-order valence-corrected chi connectivity index (χ2v) is 20.5. The number of allylic oxidation sites excluding steroid dienone is 3. The molecule has 2 saturated heterocycles. The van der Waals surface area contributed by atoms with Crippen molar-refractivity contribution in [3.63, 3.8) is 0 Å². The first kappa shape index (κ1) is 55.2. The van der Waals surface area contributed by atoms with E-state index in [0.717, 1.165) is 24.0 Å². The minimum atomic E-state index is -1.82. The first-order chi connectivity index (χ1) is 32.6. The predicted molar refractivity (Wildman–Crippen MR) is 259 cm³/mol. The lowest BCUT2D eigenvalue weighted by atomic mass is 9.81. The number of thioether (sulfide) groups is 1. The highest BCUT2D eigenvalue weighted by Crippen LogP contribution is 2.47. The number of rotatable bonds is 13. The number of cyclic esters (lactones) is 1. The number of benzene rings is 1. The van der Waals surface area contributed by atoms with E-state index in [4.69, 9.17) is 35.3 Å². The number of aliphatic hydroxyl groups is 1. The number of ether oxygens (including phenoxy) is 5. The lowest BCUT2D eigenvalue weighted by Crippen LogP contribution is -2.56. The van der Waals surface area contributed by atoms with Crippen molar-refractivity contribution in [3.05, 3.63) is 46.5 Å². The fraction of sp³-hybridized carbons (Fsp3) is 0.653. The summed E-state index contributed by atoms with van der Waals surface area (Å²) in [5.74, 6) is -2.04. The average molecular weight is 1000 g/mol. The number of likely N-dealkylation sites (N-methyl/N-ethyl adjacent to an activating group) is 1. The van der Waals surface area contributed by atoms with Crippen LogP contribution in [0.3, 0.4) is 0 Å². The number of hydrogen-bond acceptors (Lipinski definition) is 14. The van der Waals surface area contributed by atoms with Crippen LogP contribution in [0.25, 0.3) is 0 Å². The lowest BCUT2D eigenvalue weighted by molar-refractivity contribution is -0.162. The molecule has 6 amide bonds. The van der Waals surface area contributed by atoms with Gasteiger partial charge in [-0.1, -0.05) is 49.2 Å². The quantitative estimate of drug-likeness (QED) is 0.135. The van der Waals surface area contributed by atoms with E-state index in [1.54, 1.807) is 59.2 Å². The number of alkyl carbamates (subject to hydrolysis) is 1. The van der Waals surface area contributed by atoms with Gasteiger partial charge in [-0.25, -0.2) is 9.59 Å². The Balaban J connectivity index is 1.28. The number of nitrogens with one attached hydrogen (secondary N) is 2. The van der Waals surface area contributed by atoms with Crippen LogP contribution in [0.4, 0.5) is 10.5 Å². The van der Waals surface area contributed by atoms with Gasteiger partial charge in [-0.05, 0) is 82.9 Å². The first-order valence-corrected chi connectivity index (χ1v) is 25.0. The standard InChI is InChI=1S/C49H70ClN5O13S/c1-11-49(63)37(65-10)14-12-13-28(2)21-32-22-34(42(50)35(23-32)64-9)54(8)40(57)25-38(48(5)43(68-48)29(3)27-66-47(62)52-49)67-46(61)30(4)53(7)39(56)19-20-69-36-24-41(58)55(45(36)60)26-31-15-17-33(18-16-31)44(59)51-6/h12-14,22-23,29-31,33,36-38,43,63H,11,15-21,24-27H2,1-10H3,(H,51,59)(H,52,62)/b14-12+,28-13+/t29-,30+,31?,33?,36?,37-,38+,43+,48+,49+/m1/s1. The highest BCUT2D eigenvalue weighted by Gasteiger charge is 2.62. The number of anilines is 1. The number of halogens is 1. The zero-order valence-electron chi connectivity index (χ0n) is 41.5. The Bertz CT molecular complexity index is 2150. The van der Waals surface area contributed by atoms with Gasteiger partial charge in [-0.2, -0.15) is 0 Å². The van der Waals surface area contributed by atoms with E-state index in [2.05, 4.69) is 10.6 Å². The van der Waals surface area contributed by atoms with Crippen LogP contribution in [0.1, 0.15) is 91.5 Å². The zero-order chi connectivity index (χ0) is 51.0. The van der Waals surface area contributed by atoms with E-state index in [1.165, 1.54) is 54.7 Å². The molecule has 0 radical (unpaired) electrons. The van der Waals surface area contributed by atoms with Gasteiger partial charge in [-0.3, -0.25) is 34.2 Å². The summed E-state index contributed by atoms with van der Waals surface area (Å²) in [6.07, 6.45) is 4.55. The normalized spacial score (nSPS) is 30.9. The molecule has 69 heavy (non-hydrogen) atoms. The van der Waals surface area contributed by atoms with Crippen molar-refractivity contribution >= 4 is 70.6 Å². The molecule has 0 aromatic heterocycles. The van der Waals surface area contributed by atoms with E-state index in [-0.39, 0.29) is 72.6 Å². The van der Waals surface area contributed by atoms with E-state index >= 15 is 0 Å². The third kappa shape index (κ3) is 13.4. The lowest BCUT2D eigenvalue weighted by Gasteiger charge is -2.33. The van der Waals surface area contributed by atoms with Crippen LogP contribution in [-0.2, 0) is 54.1 Å². The molecule has 18 nitrogen and oxygen atoms in total. The number of nitrogens with zero attached hydrogens (tertiary/aromatic N) is 3. The first-order valence-electron chi connectivity index (χ1n) is 23.6. The van der Waals surface area contributed by atoms with Gasteiger partial charge in [0.25, 0.3) is 0 Å². The molecular formula is C49H70ClN5O13S. The van der Waals surface area contributed by atoms with Crippen molar-refractivity contribution in [2.75, 3.05) is 59.2 Å². The number of epoxide rings is 1. The smallest absolute Gasteiger partial charge is 0.409 e. The van der Waals surface area contributed by atoms with Gasteiger partial charge in [0.05, 0.1) is 37.2 Å². The molecule has 1 aromatic carbocycles.